The highest BCUT2D eigenvalue weighted by Gasteiger charge is 2.16. The van der Waals surface area contributed by atoms with Crippen LogP contribution in [0.4, 0.5) is 5.69 Å². The summed E-state index contributed by atoms with van der Waals surface area (Å²) in [6.45, 7) is 5.97. The Kier molecular flexibility index (Phi) is 3.52. The van der Waals surface area contributed by atoms with Gasteiger partial charge in [-0.05, 0) is 25.1 Å². The third-order valence-electron chi connectivity index (χ3n) is 3.40. The molecule has 1 fully saturated rings. The Morgan fingerprint density at radius 3 is 2.63 bits per heavy atom. The van der Waals surface area contributed by atoms with Crippen molar-refractivity contribution < 1.29 is 0 Å². The summed E-state index contributed by atoms with van der Waals surface area (Å²) in [6, 6.07) is 5.81. The molecule has 2 aromatic rings. The van der Waals surface area contributed by atoms with Gasteiger partial charge >= 0.3 is 0 Å². The van der Waals surface area contributed by atoms with Gasteiger partial charge in [0, 0.05) is 48.0 Å². The number of hydrogen-bond donors (Lipinski definition) is 1. The summed E-state index contributed by atoms with van der Waals surface area (Å²) in [5.41, 5.74) is 2.98. The van der Waals surface area contributed by atoms with Crippen LogP contribution in [0.3, 0.4) is 0 Å². The van der Waals surface area contributed by atoms with Crippen molar-refractivity contribution in [3.8, 4) is 0 Å². The number of rotatable bonds is 1. The molecule has 0 atom stereocenters. The first kappa shape index (κ1) is 13.0. The van der Waals surface area contributed by atoms with Crippen molar-refractivity contribution >= 4 is 39.8 Å². The van der Waals surface area contributed by atoms with E-state index in [0.29, 0.717) is 10.0 Å². The number of benzene rings is 1. The molecule has 0 saturated carbocycles. The molecule has 19 heavy (non-hydrogen) atoms. The van der Waals surface area contributed by atoms with Gasteiger partial charge in [0.1, 0.15) is 0 Å². The topological polar surface area (TPSA) is 28.2 Å². The Bertz CT molecular complexity index is 622. The third kappa shape index (κ3) is 2.50. The van der Waals surface area contributed by atoms with E-state index >= 15 is 0 Å². The largest absolute Gasteiger partial charge is 0.368 e. The summed E-state index contributed by atoms with van der Waals surface area (Å²) >= 11 is 12.4. The maximum Gasteiger partial charge on any atom is 0.0913 e. The molecule has 2 heterocycles. The molecule has 1 saturated heterocycles. The average molecular weight is 296 g/mol. The van der Waals surface area contributed by atoms with Crippen LogP contribution in [0.25, 0.3) is 10.9 Å². The monoisotopic (exact) mass is 295 g/mol. The molecule has 1 aliphatic rings. The standard InChI is InChI=1S/C14H15Cl2N3/c1-9-6-13(19-4-2-17-3-5-19)11-7-10(15)8-12(16)14(11)18-9/h6-8,17H,2-5H2,1H3. The summed E-state index contributed by atoms with van der Waals surface area (Å²) in [4.78, 5) is 6.90. The first-order chi connectivity index (χ1) is 9.15. The van der Waals surface area contributed by atoms with Crippen LogP contribution < -0.4 is 10.2 Å². The Morgan fingerprint density at radius 2 is 1.89 bits per heavy atom. The minimum Gasteiger partial charge on any atom is -0.368 e. The first-order valence-electron chi connectivity index (χ1n) is 6.37. The molecule has 100 valence electrons. The van der Waals surface area contributed by atoms with Crippen LogP contribution in [0, 0.1) is 6.92 Å². The van der Waals surface area contributed by atoms with Crippen LogP contribution in [0.5, 0.6) is 0 Å². The summed E-state index contributed by atoms with van der Waals surface area (Å²) in [6.07, 6.45) is 0. The lowest BCUT2D eigenvalue weighted by Crippen LogP contribution is -2.43. The van der Waals surface area contributed by atoms with Crippen molar-refractivity contribution in [1.29, 1.82) is 0 Å². The lowest BCUT2D eigenvalue weighted by Gasteiger charge is -2.30. The van der Waals surface area contributed by atoms with Crippen molar-refractivity contribution in [3.05, 3.63) is 33.9 Å². The molecule has 0 aliphatic carbocycles. The van der Waals surface area contributed by atoms with Gasteiger partial charge in [-0.25, -0.2) is 0 Å². The zero-order valence-electron chi connectivity index (χ0n) is 10.7. The molecule has 1 aromatic heterocycles. The SMILES string of the molecule is Cc1cc(N2CCNCC2)c2cc(Cl)cc(Cl)c2n1. The maximum atomic E-state index is 6.27. The second-order valence-corrected chi connectivity index (χ2v) is 5.65. The highest BCUT2D eigenvalue weighted by atomic mass is 35.5. The predicted molar refractivity (Wildman–Crippen MR) is 81.6 cm³/mol. The van der Waals surface area contributed by atoms with Crippen LogP contribution in [-0.2, 0) is 0 Å². The fourth-order valence-electron chi connectivity index (χ4n) is 2.53. The molecule has 3 rings (SSSR count). The number of aromatic nitrogens is 1. The van der Waals surface area contributed by atoms with Gasteiger partial charge in [0.2, 0.25) is 0 Å². The van der Waals surface area contributed by atoms with Crippen molar-refractivity contribution in [2.24, 2.45) is 0 Å². The minimum atomic E-state index is 0.614. The summed E-state index contributed by atoms with van der Waals surface area (Å²) in [7, 11) is 0. The summed E-state index contributed by atoms with van der Waals surface area (Å²) in [5, 5.41) is 5.66. The van der Waals surface area contributed by atoms with E-state index in [1.807, 2.05) is 13.0 Å². The first-order valence-corrected chi connectivity index (χ1v) is 7.13. The molecule has 0 unspecified atom stereocenters. The number of nitrogens with one attached hydrogen (secondary N) is 1. The molecular weight excluding hydrogens is 281 g/mol. The number of halogens is 2. The van der Waals surface area contributed by atoms with Gasteiger partial charge in [0.15, 0.2) is 0 Å². The molecule has 3 nitrogen and oxygen atoms in total. The fraction of sp³-hybridized carbons (Fsp3) is 0.357. The van der Waals surface area contributed by atoms with E-state index in [2.05, 4.69) is 21.3 Å². The second-order valence-electron chi connectivity index (χ2n) is 4.80. The van der Waals surface area contributed by atoms with E-state index in [-0.39, 0.29) is 0 Å². The molecule has 0 radical (unpaired) electrons. The van der Waals surface area contributed by atoms with Gasteiger partial charge in [-0.1, -0.05) is 23.2 Å². The number of nitrogens with zero attached hydrogens (tertiary/aromatic N) is 2. The Balaban J connectivity index is 2.21. The van der Waals surface area contributed by atoms with Crippen molar-refractivity contribution in [1.82, 2.24) is 10.3 Å². The second kappa shape index (κ2) is 5.16. The molecule has 1 aromatic carbocycles. The van der Waals surface area contributed by atoms with E-state index < -0.39 is 0 Å². The van der Waals surface area contributed by atoms with Gasteiger partial charge in [-0.3, -0.25) is 4.98 Å². The normalized spacial score (nSPS) is 16.1. The van der Waals surface area contributed by atoms with Gasteiger partial charge in [0.05, 0.1) is 10.5 Å². The molecule has 0 bridgehead atoms. The van der Waals surface area contributed by atoms with Gasteiger partial charge in [-0.15, -0.1) is 0 Å². The van der Waals surface area contributed by atoms with Crippen molar-refractivity contribution in [3.63, 3.8) is 0 Å². The maximum absolute atomic E-state index is 6.27. The highest BCUT2D eigenvalue weighted by Crippen LogP contribution is 2.33. The average Bonchev–Trinajstić information content (AvgIpc) is 2.40. The third-order valence-corrected chi connectivity index (χ3v) is 3.90. The van der Waals surface area contributed by atoms with E-state index in [9.17, 15) is 0 Å². The molecule has 1 N–H and O–H groups in total. The number of hydrogen-bond acceptors (Lipinski definition) is 3. The van der Waals surface area contributed by atoms with Crippen LogP contribution in [-0.4, -0.2) is 31.2 Å². The molecular formula is C14H15Cl2N3. The molecule has 0 amide bonds. The molecule has 5 heteroatoms. The summed E-state index contributed by atoms with van der Waals surface area (Å²) < 4.78 is 0. The van der Waals surface area contributed by atoms with Crippen LogP contribution in [0.15, 0.2) is 18.2 Å². The van der Waals surface area contributed by atoms with Crippen LogP contribution >= 0.6 is 23.2 Å². The Hall–Kier alpha value is -1.03. The van der Waals surface area contributed by atoms with Gasteiger partial charge in [0.25, 0.3) is 0 Å². The van der Waals surface area contributed by atoms with Crippen molar-refractivity contribution in [2.45, 2.75) is 6.92 Å². The predicted octanol–water partition coefficient (Wildman–Crippen LogP) is 3.26. The zero-order valence-corrected chi connectivity index (χ0v) is 12.2. The van der Waals surface area contributed by atoms with E-state index in [1.165, 1.54) is 5.69 Å². The van der Waals surface area contributed by atoms with Crippen LogP contribution in [0.1, 0.15) is 5.69 Å². The van der Waals surface area contributed by atoms with Crippen molar-refractivity contribution in [2.75, 3.05) is 31.1 Å². The Morgan fingerprint density at radius 1 is 1.16 bits per heavy atom. The quantitative estimate of drug-likeness (QED) is 0.875. The molecule has 0 spiro atoms. The lowest BCUT2D eigenvalue weighted by molar-refractivity contribution is 0.590. The highest BCUT2D eigenvalue weighted by molar-refractivity contribution is 6.38. The smallest absolute Gasteiger partial charge is 0.0913 e. The molecule has 1 aliphatic heterocycles. The van der Waals surface area contributed by atoms with Gasteiger partial charge in [-0.2, -0.15) is 0 Å². The van der Waals surface area contributed by atoms with E-state index in [4.69, 9.17) is 23.2 Å². The zero-order chi connectivity index (χ0) is 13.4. The summed E-state index contributed by atoms with van der Waals surface area (Å²) in [5.74, 6) is 0. The Labute approximate surface area is 122 Å². The minimum absolute atomic E-state index is 0.614. The number of pyridine rings is 1. The number of anilines is 1. The lowest BCUT2D eigenvalue weighted by atomic mass is 10.1. The van der Waals surface area contributed by atoms with Gasteiger partial charge < -0.3 is 10.2 Å². The number of fused-ring (bicyclic) bond motifs is 1. The fourth-order valence-corrected chi connectivity index (χ4v) is 3.06. The van der Waals surface area contributed by atoms with Crippen LogP contribution in [0.2, 0.25) is 10.0 Å². The van der Waals surface area contributed by atoms with E-state index in [1.54, 1.807) is 6.07 Å². The van der Waals surface area contributed by atoms with E-state index in [0.717, 1.165) is 42.8 Å². The number of piperazine rings is 1. The number of aryl methyl sites for hydroxylation is 1.